The summed E-state index contributed by atoms with van der Waals surface area (Å²) in [7, 11) is 1.64. The Morgan fingerprint density at radius 2 is 1.77 bits per heavy atom. The van der Waals surface area contributed by atoms with Crippen LogP contribution >= 0.6 is 11.6 Å². The topological polar surface area (TPSA) is 70.1 Å². The third kappa shape index (κ3) is 6.85. The van der Waals surface area contributed by atoms with Crippen molar-refractivity contribution >= 4 is 23.5 Å². The van der Waals surface area contributed by atoms with Crippen LogP contribution in [0.4, 0.5) is 13.2 Å². The maximum atomic E-state index is 12.0. The molecule has 0 atom stereocenters. The van der Waals surface area contributed by atoms with E-state index < -0.39 is 12.1 Å². The molecule has 0 unspecified atom stereocenters. The van der Waals surface area contributed by atoms with E-state index in [0.29, 0.717) is 18.4 Å². The van der Waals surface area contributed by atoms with Gasteiger partial charge in [-0.2, -0.15) is 13.2 Å². The van der Waals surface area contributed by atoms with Crippen molar-refractivity contribution in [3.63, 3.8) is 0 Å². The van der Waals surface area contributed by atoms with Crippen LogP contribution in [0.3, 0.4) is 0 Å². The molecule has 0 radical (unpaired) electrons. The van der Waals surface area contributed by atoms with Gasteiger partial charge in [-0.05, 0) is 37.6 Å². The van der Waals surface area contributed by atoms with Crippen LogP contribution in [-0.2, 0) is 20.9 Å². The summed E-state index contributed by atoms with van der Waals surface area (Å²) in [6.45, 7) is 5.47. The second-order valence-electron chi connectivity index (χ2n) is 7.66. The SMILES string of the molecule is COCCC(=O)N1CC2(CCN(Cc3ccccc3Cl)CC2)C1.O=C(O)C(F)(F)F. The minimum atomic E-state index is -5.08. The summed E-state index contributed by atoms with van der Waals surface area (Å²) in [6, 6.07) is 8.08. The highest BCUT2D eigenvalue weighted by Gasteiger charge is 2.46. The number of carbonyl (C=O) groups is 2. The van der Waals surface area contributed by atoms with Crippen LogP contribution in [0, 0.1) is 5.41 Å². The molecule has 0 aliphatic carbocycles. The number of carboxylic acid groups (broad SMARTS) is 1. The molecule has 2 aliphatic rings. The molecule has 1 spiro atoms. The van der Waals surface area contributed by atoms with Gasteiger partial charge in [0.1, 0.15) is 0 Å². The van der Waals surface area contributed by atoms with Gasteiger partial charge >= 0.3 is 12.1 Å². The molecule has 2 saturated heterocycles. The first-order valence-electron chi connectivity index (χ1n) is 9.59. The van der Waals surface area contributed by atoms with Crippen LogP contribution in [0.5, 0.6) is 0 Å². The molecule has 168 valence electrons. The van der Waals surface area contributed by atoms with E-state index in [2.05, 4.69) is 11.0 Å². The summed E-state index contributed by atoms with van der Waals surface area (Å²) in [5, 5.41) is 7.98. The van der Waals surface area contributed by atoms with Crippen molar-refractivity contribution in [2.45, 2.75) is 32.0 Å². The van der Waals surface area contributed by atoms with Crippen LogP contribution in [0.1, 0.15) is 24.8 Å². The van der Waals surface area contributed by atoms with Gasteiger partial charge in [-0.15, -0.1) is 0 Å². The molecule has 3 rings (SSSR count). The average Bonchev–Trinajstić information content (AvgIpc) is 2.66. The number of carboxylic acids is 1. The first-order chi connectivity index (χ1) is 14.1. The number of hydrogen-bond donors (Lipinski definition) is 1. The number of carbonyl (C=O) groups excluding carboxylic acids is 1. The molecule has 0 bridgehead atoms. The van der Waals surface area contributed by atoms with Crippen molar-refractivity contribution in [3.8, 4) is 0 Å². The summed E-state index contributed by atoms with van der Waals surface area (Å²) in [4.78, 5) is 25.3. The predicted octanol–water partition coefficient (Wildman–Crippen LogP) is 3.43. The molecule has 0 aromatic heterocycles. The molecule has 0 saturated carbocycles. The Labute approximate surface area is 178 Å². The quantitative estimate of drug-likeness (QED) is 0.744. The van der Waals surface area contributed by atoms with Crippen molar-refractivity contribution in [3.05, 3.63) is 34.9 Å². The molecular weight excluding hydrogens is 425 g/mol. The van der Waals surface area contributed by atoms with Gasteiger partial charge in [0, 0.05) is 37.2 Å². The fraction of sp³-hybridized carbons (Fsp3) is 0.600. The van der Waals surface area contributed by atoms with Gasteiger partial charge in [-0.1, -0.05) is 29.8 Å². The van der Waals surface area contributed by atoms with Gasteiger partial charge in [0.05, 0.1) is 13.0 Å². The third-order valence-electron chi connectivity index (χ3n) is 5.44. The monoisotopic (exact) mass is 450 g/mol. The van der Waals surface area contributed by atoms with Crippen LogP contribution in [0.15, 0.2) is 24.3 Å². The van der Waals surface area contributed by atoms with Crippen molar-refractivity contribution < 1.29 is 32.6 Å². The molecule has 10 heteroatoms. The summed E-state index contributed by atoms with van der Waals surface area (Å²) >= 11 is 6.25. The Bertz CT molecular complexity index is 729. The predicted molar refractivity (Wildman–Crippen MR) is 105 cm³/mol. The third-order valence-corrected chi connectivity index (χ3v) is 5.81. The minimum Gasteiger partial charge on any atom is -0.475 e. The minimum absolute atomic E-state index is 0.232. The molecule has 1 N–H and O–H groups in total. The van der Waals surface area contributed by atoms with E-state index in [-0.39, 0.29) is 5.91 Å². The fourth-order valence-corrected chi connectivity index (χ4v) is 3.85. The van der Waals surface area contributed by atoms with Gasteiger partial charge < -0.3 is 14.7 Å². The molecule has 2 fully saturated rings. The fourth-order valence-electron chi connectivity index (χ4n) is 3.66. The number of amides is 1. The Morgan fingerprint density at radius 3 is 2.27 bits per heavy atom. The number of piperidine rings is 1. The molecule has 1 amide bonds. The van der Waals surface area contributed by atoms with E-state index in [0.717, 1.165) is 37.7 Å². The number of likely N-dealkylation sites (tertiary alicyclic amines) is 2. The lowest BCUT2D eigenvalue weighted by Gasteiger charge is -2.54. The van der Waals surface area contributed by atoms with Crippen LogP contribution in [0.2, 0.25) is 5.02 Å². The number of halogens is 4. The number of nitrogens with zero attached hydrogens (tertiary/aromatic N) is 2. The van der Waals surface area contributed by atoms with E-state index in [9.17, 15) is 18.0 Å². The normalized spacial score (nSPS) is 18.4. The van der Waals surface area contributed by atoms with Gasteiger partial charge in [-0.25, -0.2) is 4.79 Å². The number of hydrogen-bond acceptors (Lipinski definition) is 4. The number of rotatable bonds is 5. The van der Waals surface area contributed by atoms with Crippen LogP contribution in [0.25, 0.3) is 0 Å². The molecule has 1 aromatic rings. The van der Waals surface area contributed by atoms with Gasteiger partial charge in [0.15, 0.2) is 0 Å². The standard InChI is InChI=1S/C18H25ClN2O2.C2HF3O2/c1-23-11-6-17(22)21-13-18(14-21)7-9-20(10-8-18)12-15-4-2-3-5-16(15)19;3-2(4,5)1(6)7/h2-5H,6-14H2,1H3;(H,6,7). The average molecular weight is 451 g/mol. The second-order valence-corrected chi connectivity index (χ2v) is 8.07. The van der Waals surface area contributed by atoms with Crippen LogP contribution < -0.4 is 0 Å². The Kier molecular flexibility index (Phi) is 8.52. The highest BCUT2D eigenvalue weighted by molar-refractivity contribution is 6.31. The number of benzene rings is 1. The van der Waals surface area contributed by atoms with Gasteiger partial charge in [-0.3, -0.25) is 9.69 Å². The van der Waals surface area contributed by atoms with Gasteiger partial charge in [0.2, 0.25) is 5.91 Å². The van der Waals surface area contributed by atoms with Crippen molar-refractivity contribution in [1.82, 2.24) is 9.80 Å². The van der Waals surface area contributed by atoms with Crippen molar-refractivity contribution in [1.29, 1.82) is 0 Å². The number of aliphatic carboxylic acids is 1. The highest BCUT2D eigenvalue weighted by atomic mass is 35.5. The summed E-state index contributed by atoms with van der Waals surface area (Å²) < 4.78 is 36.7. The molecular formula is C20H26ClF3N2O4. The summed E-state index contributed by atoms with van der Waals surface area (Å²) in [5.41, 5.74) is 1.56. The largest absolute Gasteiger partial charge is 0.490 e. The molecule has 6 nitrogen and oxygen atoms in total. The maximum Gasteiger partial charge on any atom is 0.490 e. The van der Waals surface area contributed by atoms with Crippen LogP contribution in [-0.4, -0.2) is 72.9 Å². The summed E-state index contributed by atoms with van der Waals surface area (Å²) in [6.07, 6.45) is -2.23. The zero-order chi connectivity index (χ0) is 22.4. The first kappa shape index (κ1) is 24.4. The van der Waals surface area contributed by atoms with E-state index in [1.54, 1.807) is 7.11 Å². The highest BCUT2D eigenvalue weighted by Crippen LogP contribution is 2.41. The number of methoxy groups -OCH3 is 1. The number of alkyl halides is 3. The lowest BCUT2D eigenvalue weighted by atomic mass is 9.72. The van der Waals surface area contributed by atoms with E-state index in [4.69, 9.17) is 26.2 Å². The molecule has 2 aliphatic heterocycles. The molecule has 2 heterocycles. The lowest BCUT2D eigenvalue weighted by Crippen LogP contribution is -2.61. The zero-order valence-electron chi connectivity index (χ0n) is 16.8. The van der Waals surface area contributed by atoms with E-state index >= 15 is 0 Å². The van der Waals surface area contributed by atoms with Gasteiger partial charge in [0.25, 0.3) is 0 Å². The Balaban J connectivity index is 0.000000396. The summed E-state index contributed by atoms with van der Waals surface area (Å²) in [5.74, 6) is -2.52. The lowest BCUT2D eigenvalue weighted by molar-refractivity contribution is -0.192. The zero-order valence-corrected chi connectivity index (χ0v) is 17.5. The van der Waals surface area contributed by atoms with Crippen molar-refractivity contribution in [2.24, 2.45) is 5.41 Å². The second kappa shape index (κ2) is 10.5. The Morgan fingerprint density at radius 1 is 1.20 bits per heavy atom. The smallest absolute Gasteiger partial charge is 0.475 e. The van der Waals surface area contributed by atoms with E-state index in [1.165, 1.54) is 18.4 Å². The maximum absolute atomic E-state index is 12.0. The first-order valence-corrected chi connectivity index (χ1v) is 9.97. The van der Waals surface area contributed by atoms with E-state index in [1.807, 2.05) is 23.1 Å². The van der Waals surface area contributed by atoms with Crippen molar-refractivity contribution in [2.75, 3.05) is 39.9 Å². The number of ether oxygens (including phenoxy) is 1. The molecule has 30 heavy (non-hydrogen) atoms. The Hall–Kier alpha value is -1.84. The molecule has 1 aromatic carbocycles.